The number of rotatable bonds is 6. The Morgan fingerprint density at radius 2 is 2.25 bits per heavy atom. The summed E-state index contributed by atoms with van der Waals surface area (Å²) in [5.74, 6) is 0.456. The van der Waals surface area contributed by atoms with Crippen molar-refractivity contribution in [2.45, 2.75) is 19.8 Å². The number of hydrogen-bond acceptors (Lipinski definition) is 4. The number of aryl methyl sites for hydroxylation is 1. The maximum atomic E-state index is 13.2. The zero-order chi connectivity index (χ0) is 14.4. The summed E-state index contributed by atoms with van der Waals surface area (Å²) in [6.45, 7) is 2.01. The largest absolute Gasteiger partial charge is 0.491 e. The van der Waals surface area contributed by atoms with Gasteiger partial charge in [-0.25, -0.2) is 4.39 Å². The second-order valence-corrected chi connectivity index (χ2v) is 4.18. The fourth-order valence-corrected chi connectivity index (χ4v) is 1.56. The van der Waals surface area contributed by atoms with Crippen molar-refractivity contribution >= 4 is 11.9 Å². The van der Waals surface area contributed by atoms with Crippen molar-refractivity contribution < 1.29 is 13.9 Å². The van der Waals surface area contributed by atoms with Gasteiger partial charge in [-0.1, -0.05) is 12.1 Å². The highest BCUT2D eigenvalue weighted by Crippen LogP contribution is 2.15. The van der Waals surface area contributed by atoms with Crippen LogP contribution in [0.15, 0.2) is 24.3 Å². The molecule has 1 heterocycles. The van der Waals surface area contributed by atoms with Gasteiger partial charge in [-0.05, 0) is 25.5 Å². The smallest absolute Gasteiger partial charge is 0.248 e. The molecule has 0 saturated carbocycles. The molecule has 1 aromatic heterocycles. The van der Waals surface area contributed by atoms with Crippen molar-refractivity contribution in [3.05, 3.63) is 35.9 Å². The lowest BCUT2D eigenvalue weighted by atomic mass is 10.3. The van der Waals surface area contributed by atoms with Crippen molar-refractivity contribution in [1.29, 1.82) is 0 Å². The topological polar surface area (TPSA) is 79.9 Å². The van der Waals surface area contributed by atoms with E-state index in [1.807, 2.05) is 0 Å². The summed E-state index contributed by atoms with van der Waals surface area (Å²) in [4.78, 5) is 15.5. The number of amides is 1. The zero-order valence-corrected chi connectivity index (χ0v) is 11.0. The predicted molar refractivity (Wildman–Crippen MR) is 70.9 cm³/mol. The minimum atomic E-state index is -0.409. The van der Waals surface area contributed by atoms with E-state index in [0.29, 0.717) is 12.2 Å². The molecule has 0 radical (unpaired) electrons. The highest BCUT2D eigenvalue weighted by atomic mass is 19.1. The standard InChI is InChI=1S/C13H15FN4O2/c1-9-15-13(18-17-9)16-12(19)7-4-8-20-11-6-3-2-5-10(11)14/h2-3,5-6H,4,7-8H2,1H3,(H2,15,16,17,18,19). The van der Waals surface area contributed by atoms with Gasteiger partial charge in [0.05, 0.1) is 6.61 Å². The normalized spacial score (nSPS) is 10.3. The van der Waals surface area contributed by atoms with Crippen LogP contribution < -0.4 is 10.1 Å². The summed E-state index contributed by atoms with van der Waals surface area (Å²) in [6.07, 6.45) is 0.728. The minimum Gasteiger partial charge on any atom is -0.491 e. The minimum absolute atomic E-state index is 0.192. The molecule has 1 amide bonds. The Hall–Kier alpha value is -2.44. The number of nitrogens with one attached hydrogen (secondary N) is 2. The van der Waals surface area contributed by atoms with Crippen molar-refractivity contribution in [3.63, 3.8) is 0 Å². The maximum absolute atomic E-state index is 13.2. The van der Waals surface area contributed by atoms with Gasteiger partial charge in [0.1, 0.15) is 5.82 Å². The van der Waals surface area contributed by atoms with Gasteiger partial charge in [0.25, 0.3) is 0 Å². The van der Waals surface area contributed by atoms with E-state index in [9.17, 15) is 9.18 Å². The molecule has 0 bridgehead atoms. The molecule has 0 fully saturated rings. The van der Waals surface area contributed by atoms with Gasteiger partial charge in [-0.15, -0.1) is 5.10 Å². The number of anilines is 1. The molecule has 0 saturated heterocycles. The first kappa shape index (κ1) is 14.0. The second-order valence-electron chi connectivity index (χ2n) is 4.18. The fraction of sp³-hybridized carbons (Fsp3) is 0.308. The summed E-state index contributed by atoms with van der Waals surface area (Å²) in [7, 11) is 0. The van der Waals surface area contributed by atoms with Crippen LogP contribution in [0.1, 0.15) is 18.7 Å². The second kappa shape index (κ2) is 6.65. The summed E-state index contributed by atoms with van der Waals surface area (Å²) in [6, 6.07) is 6.16. The van der Waals surface area contributed by atoms with Crippen LogP contribution in [0, 0.1) is 12.7 Å². The molecule has 6 nitrogen and oxygen atoms in total. The molecular formula is C13H15FN4O2. The molecular weight excluding hydrogens is 263 g/mol. The number of halogens is 1. The predicted octanol–water partition coefficient (Wildman–Crippen LogP) is 2.05. The van der Waals surface area contributed by atoms with Crippen LogP contribution in [0.5, 0.6) is 5.75 Å². The highest BCUT2D eigenvalue weighted by molar-refractivity contribution is 5.88. The van der Waals surface area contributed by atoms with Gasteiger partial charge >= 0.3 is 0 Å². The molecule has 7 heteroatoms. The number of aromatic amines is 1. The van der Waals surface area contributed by atoms with Crippen LogP contribution in [0.2, 0.25) is 0 Å². The fourth-order valence-electron chi connectivity index (χ4n) is 1.56. The van der Waals surface area contributed by atoms with E-state index in [1.54, 1.807) is 25.1 Å². The molecule has 0 aliphatic carbocycles. The Bertz CT molecular complexity index is 585. The number of nitrogens with zero attached hydrogens (tertiary/aromatic N) is 2. The summed E-state index contributed by atoms with van der Waals surface area (Å²) in [5, 5.41) is 8.97. The lowest BCUT2D eigenvalue weighted by Crippen LogP contribution is -2.14. The van der Waals surface area contributed by atoms with E-state index in [2.05, 4.69) is 20.5 Å². The van der Waals surface area contributed by atoms with Crippen LogP contribution in [-0.4, -0.2) is 27.7 Å². The van der Waals surface area contributed by atoms with Crippen molar-refractivity contribution in [2.75, 3.05) is 11.9 Å². The maximum Gasteiger partial charge on any atom is 0.248 e. The third kappa shape index (κ3) is 4.04. The van der Waals surface area contributed by atoms with E-state index >= 15 is 0 Å². The molecule has 106 valence electrons. The van der Waals surface area contributed by atoms with Crippen LogP contribution in [0.25, 0.3) is 0 Å². The average molecular weight is 278 g/mol. The molecule has 0 aliphatic heterocycles. The molecule has 1 aromatic carbocycles. The number of benzene rings is 1. The molecule has 0 unspecified atom stereocenters. The Labute approximate surface area is 115 Å². The summed E-state index contributed by atoms with van der Waals surface area (Å²) >= 11 is 0. The van der Waals surface area contributed by atoms with Crippen LogP contribution >= 0.6 is 0 Å². The number of H-pyrrole nitrogens is 1. The van der Waals surface area contributed by atoms with Crippen LogP contribution in [-0.2, 0) is 4.79 Å². The third-order valence-electron chi connectivity index (χ3n) is 2.49. The Morgan fingerprint density at radius 3 is 2.95 bits per heavy atom. The van der Waals surface area contributed by atoms with Gasteiger partial charge < -0.3 is 4.74 Å². The molecule has 0 aliphatic rings. The van der Waals surface area contributed by atoms with Crippen molar-refractivity contribution in [3.8, 4) is 5.75 Å². The molecule has 0 atom stereocenters. The van der Waals surface area contributed by atoms with E-state index < -0.39 is 5.82 Å². The van der Waals surface area contributed by atoms with Crippen molar-refractivity contribution in [1.82, 2.24) is 15.2 Å². The molecule has 2 N–H and O–H groups in total. The first-order valence-electron chi connectivity index (χ1n) is 6.21. The van der Waals surface area contributed by atoms with E-state index in [4.69, 9.17) is 4.74 Å². The van der Waals surface area contributed by atoms with Crippen LogP contribution in [0.4, 0.5) is 10.3 Å². The van der Waals surface area contributed by atoms with E-state index in [-0.39, 0.29) is 30.6 Å². The van der Waals surface area contributed by atoms with Crippen molar-refractivity contribution in [2.24, 2.45) is 0 Å². The lowest BCUT2D eigenvalue weighted by Gasteiger charge is -2.06. The number of para-hydroxylation sites is 1. The first-order valence-corrected chi connectivity index (χ1v) is 6.21. The average Bonchev–Trinajstić information content (AvgIpc) is 2.82. The Balaban J connectivity index is 1.68. The number of ether oxygens (including phenoxy) is 1. The molecule has 2 aromatic rings. The van der Waals surface area contributed by atoms with Gasteiger partial charge in [0.2, 0.25) is 11.9 Å². The number of aromatic nitrogens is 3. The molecule has 2 rings (SSSR count). The quantitative estimate of drug-likeness (QED) is 0.792. The van der Waals surface area contributed by atoms with Crippen LogP contribution in [0.3, 0.4) is 0 Å². The first-order chi connectivity index (χ1) is 9.65. The third-order valence-corrected chi connectivity index (χ3v) is 2.49. The summed E-state index contributed by atoms with van der Waals surface area (Å²) < 4.78 is 18.5. The molecule has 0 spiro atoms. The Kier molecular flexibility index (Phi) is 4.65. The van der Waals surface area contributed by atoms with Gasteiger partial charge in [-0.2, -0.15) is 4.98 Å². The molecule has 20 heavy (non-hydrogen) atoms. The number of hydrogen-bond donors (Lipinski definition) is 2. The highest BCUT2D eigenvalue weighted by Gasteiger charge is 2.06. The van der Waals surface area contributed by atoms with Gasteiger partial charge in [-0.3, -0.25) is 15.2 Å². The number of carbonyl (C=O) groups excluding carboxylic acids is 1. The van der Waals surface area contributed by atoms with E-state index in [0.717, 1.165) is 0 Å². The SMILES string of the molecule is Cc1nc(NC(=O)CCCOc2ccccc2F)n[nH]1. The van der Waals surface area contributed by atoms with Gasteiger partial charge in [0.15, 0.2) is 11.6 Å². The van der Waals surface area contributed by atoms with E-state index in [1.165, 1.54) is 6.07 Å². The Morgan fingerprint density at radius 1 is 1.45 bits per heavy atom. The van der Waals surface area contributed by atoms with Gasteiger partial charge in [0, 0.05) is 6.42 Å². The number of carbonyl (C=O) groups is 1. The summed E-state index contributed by atoms with van der Waals surface area (Å²) in [5.41, 5.74) is 0. The lowest BCUT2D eigenvalue weighted by molar-refractivity contribution is -0.116. The zero-order valence-electron chi connectivity index (χ0n) is 11.0. The monoisotopic (exact) mass is 278 g/mol.